The normalized spacial score (nSPS) is 11.0. The highest BCUT2D eigenvalue weighted by Crippen LogP contribution is 2.25. The first-order chi connectivity index (χ1) is 13.4. The molecule has 0 aliphatic carbocycles. The van der Waals surface area contributed by atoms with Gasteiger partial charge in [-0.1, -0.05) is 12.1 Å². The predicted octanol–water partition coefficient (Wildman–Crippen LogP) is 3.61. The second kappa shape index (κ2) is 8.70. The van der Waals surface area contributed by atoms with E-state index in [0.717, 1.165) is 15.3 Å². The van der Waals surface area contributed by atoms with E-state index in [-0.39, 0.29) is 30.9 Å². The summed E-state index contributed by atoms with van der Waals surface area (Å²) in [7, 11) is 0. The average molecular weight is 417 g/mol. The monoisotopic (exact) mass is 416 g/mol. The van der Waals surface area contributed by atoms with Crippen molar-refractivity contribution in [2.75, 3.05) is 12.9 Å². The maximum Gasteiger partial charge on any atom is 0.308 e. The van der Waals surface area contributed by atoms with E-state index in [2.05, 4.69) is 4.98 Å². The maximum absolute atomic E-state index is 12.6. The number of aryl methyl sites for hydroxylation is 3. The molecule has 28 heavy (non-hydrogen) atoms. The molecule has 0 fully saturated rings. The first-order valence-corrected chi connectivity index (χ1v) is 10.7. The number of fused-ring (bicyclic) bond motifs is 1. The zero-order valence-corrected chi connectivity index (χ0v) is 17.5. The largest absolute Gasteiger partial charge is 0.457 e. The molecule has 1 aromatic carbocycles. The molecule has 0 radical (unpaired) electrons. The second-order valence-electron chi connectivity index (χ2n) is 6.27. The zero-order chi connectivity index (χ0) is 20.3. The molecule has 0 saturated heterocycles. The van der Waals surface area contributed by atoms with Gasteiger partial charge in [-0.05, 0) is 37.8 Å². The Balaban J connectivity index is 1.57. The Morgan fingerprint density at radius 1 is 1.21 bits per heavy atom. The number of carbonyl (C=O) groups is 2. The first-order valence-electron chi connectivity index (χ1n) is 8.68. The summed E-state index contributed by atoms with van der Waals surface area (Å²) in [5.41, 5.74) is 1.26. The molecule has 0 unspecified atom stereocenters. The Labute approximate surface area is 170 Å². The van der Waals surface area contributed by atoms with Gasteiger partial charge in [-0.25, -0.2) is 4.98 Å². The van der Waals surface area contributed by atoms with Crippen molar-refractivity contribution in [3.05, 3.63) is 57.0 Å². The van der Waals surface area contributed by atoms with Gasteiger partial charge in [-0.3, -0.25) is 19.0 Å². The lowest BCUT2D eigenvalue weighted by atomic mass is 10.1. The van der Waals surface area contributed by atoms with Gasteiger partial charge in [-0.15, -0.1) is 23.1 Å². The highest BCUT2D eigenvalue weighted by molar-refractivity contribution is 7.98. The number of thiophene rings is 1. The van der Waals surface area contributed by atoms with Gasteiger partial charge in [0.1, 0.15) is 4.83 Å². The fourth-order valence-electron chi connectivity index (χ4n) is 2.72. The Morgan fingerprint density at radius 2 is 1.93 bits per heavy atom. The molecule has 2 aromatic heterocycles. The van der Waals surface area contributed by atoms with Gasteiger partial charge < -0.3 is 4.74 Å². The summed E-state index contributed by atoms with van der Waals surface area (Å²) in [5, 5.41) is 0.599. The first kappa shape index (κ1) is 20.3. The minimum Gasteiger partial charge on any atom is -0.457 e. The molecule has 0 aliphatic rings. The van der Waals surface area contributed by atoms with Crippen LogP contribution in [-0.2, 0) is 16.1 Å². The van der Waals surface area contributed by atoms with Crippen LogP contribution in [0, 0.1) is 13.8 Å². The van der Waals surface area contributed by atoms with Crippen LogP contribution in [-0.4, -0.2) is 34.2 Å². The Hall–Kier alpha value is -2.45. The van der Waals surface area contributed by atoms with Gasteiger partial charge in [0.25, 0.3) is 5.56 Å². The molecule has 6 nitrogen and oxygen atoms in total. The van der Waals surface area contributed by atoms with E-state index in [1.807, 2.05) is 32.2 Å². The molecule has 0 spiro atoms. The van der Waals surface area contributed by atoms with Crippen LogP contribution in [0.4, 0.5) is 0 Å². The average Bonchev–Trinajstić information content (AvgIpc) is 3.00. The number of carbonyl (C=O) groups excluding carboxylic acids is 2. The van der Waals surface area contributed by atoms with Gasteiger partial charge in [0, 0.05) is 21.9 Å². The van der Waals surface area contributed by atoms with Gasteiger partial charge >= 0.3 is 5.97 Å². The number of esters is 1. The molecule has 0 saturated carbocycles. The molecule has 0 N–H and O–H groups in total. The van der Waals surface area contributed by atoms with Gasteiger partial charge in [0.05, 0.1) is 18.1 Å². The molecule has 146 valence electrons. The van der Waals surface area contributed by atoms with Crippen LogP contribution < -0.4 is 5.56 Å². The second-order valence-corrected chi connectivity index (χ2v) is 8.35. The van der Waals surface area contributed by atoms with Gasteiger partial charge in [0.2, 0.25) is 0 Å². The Morgan fingerprint density at radius 3 is 2.61 bits per heavy atom. The lowest BCUT2D eigenvalue weighted by molar-refractivity contribution is -0.142. The topological polar surface area (TPSA) is 78.3 Å². The summed E-state index contributed by atoms with van der Waals surface area (Å²) in [6.45, 7) is 3.69. The Bertz CT molecular complexity index is 1080. The summed E-state index contributed by atoms with van der Waals surface area (Å²) < 4.78 is 6.47. The van der Waals surface area contributed by atoms with Crippen LogP contribution in [0.2, 0.25) is 0 Å². The van der Waals surface area contributed by atoms with Crippen molar-refractivity contribution < 1.29 is 14.3 Å². The number of Topliss-reactive ketones (excluding diaryl/α,β-unsaturated/α-hetero) is 1. The van der Waals surface area contributed by atoms with Crippen LogP contribution >= 0.6 is 23.1 Å². The van der Waals surface area contributed by atoms with Crippen LogP contribution in [0.5, 0.6) is 0 Å². The number of hydrogen-bond donors (Lipinski definition) is 0. The van der Waals surface area contributed by atoms with Crippen LogP contribution in [0.1, 0.15) is 27.2 Å². The van der Waals surface area contributed by atoms with Crippen molar-refractivity contribution in [2.24, 2.45) is 0 Å². The highest BCUT2D eigenvalue weighted by atomic mass is 32.2. The predicted molar refractivity (Wildman–Crippen MR) is 111 cm³/mol. The molecule has 0 aliphatic heterocycles. The fourth-order valence-corrected chi connectivity index (χ4v) is 4.12. The molecule has 0 atom stereocenters. The van der Waals surface area contributed by atoms with E-state index in [1.54, 1.807) is 23.9 Å². The SMILES string of the molecule is CSc1ccc(C(=O)COC(=O)CCn2cnc3sc(C)c(C)c3c2=O)cc1. The zero-order valence-electron chi connectivity index (χ0n) is 15.9. The minimum atomic E-state index is -0.528. The molecule has 2 heterocycles. The van der Waals surface area contributed by atoms with Crippen molar-refractivity contribution in [2.45, 2.75) is 31.7 Å². The maximum atomic E-state index is 12.6. The summed E-state index contributed by atoms with van der Waals surface area (Å²) in [6, 6.07) is 7.13. The summed E-state index contributed by atoms with van der Waals surface area (Å²) in [4.78, 5) is 43.8. The minimum absolute atomic E-state index is 0.00600. The number of thioether (sulfide) groups is 1. The number of ether oxygens (including phenoxy) is 1. The van der Waals surface area contributed by atoms with Gasteiger partial charge in [0.15, 0.2) is 12.4 Å². The lowest BCUT2D eigenvalue weighted by Crippen LogP contribution is -2.23. The number of hydrogen-bond acceptors (Lipinski definition) is 7. The van der Waals surface area contributed by atoms with Gasteiger partial charge in [-0.2, -0.15) is 0 Å². The van der Waals surface area contributed by atoms with E-state index in [4.69, 9.17) is 4.74 Å². The molecule has 3 aromatic rings. The summed E-state index contributed by atoms with van der Waals surface area (Å²) >= 11 is 3.07. The third-order valence-electron chi connectivity index (χ3n) is 4.49. The molecule has 3 rings (SSSR count). The Kier molecular flexibility index (Phi) is 6.31. The number of ketones is 1. The van der Waals surface area contributed by atoms with E-state index in [0.29, 0.717) is 15.8 Å². The summed E-state index contributed by atoms with van der Waals surface area (Å²) in [6.07, 6.45) is 3.40. The number of rotatable bonds is 7. The van der Waals surface area contributed by atoms with E-state index >= 15 is 0 Å². The standard InChI is InChI=1S/C20H20N2O4S2/c1-12-13(2)28-19-18(12)20(25)22(11-21-19)9-8-17(24)26-10-16(23)14-4-6-15(27-3)7-5-14/h4-7,11H,8-10H2,1-3H3. The molecule has 0 amide bonds. The van der Waals surface area contributed by atoms with E-state index in [1.165, 1.54) is 22.2 Å². The molecule has 8 heteroatoms. The van der Waals surface area contributed by atoms with Crippen molar-refractivity contribution in [1.82, 2.24) is 9.55 Å². The van der Waals surface area contributed by atoms with Crippen molar-refractivity contribution in [3.63, 3.8) is 0 Å². The quantitative estimate of drug-likeness (QED) is 0.333. The smallest absolute Gasteiger partial charge is 0.308 e. The fraction of sp³-hybridized carbons (Fsp3) is 0.300. The van der Waals surface area contributed by atoms with Crippen molar-refractivity contribution >= 4 is 45.1 Å². The third-order valence-corrected chi connectivity index (χ3v) is 6.35. The van der Waals surface area contributed by atoms with Crippen LogP contribution in [0.3, 0.4) is 0 Å². The molecule has 0 bridgehead atoms. The van der Waals surface area contributed by atoms with Crippen LogP contribution in [0.25, 0.3) is 10.2 Å². The third kappa shape index (κ3) is 4.34. The highest BCUT2D eigenvalue weighted by Gasteiger charge is 2.14. The lowest BCUT2D eigenvalue weighted by Gasteiger charge is -2.07. The number of benzene rings is 1. The van der Waals surface area contributed by atoms with Crippen molar-refractivity contribution in [3.8, 4) is 0 Å². The summed E-state index contributed by atoms with van der Waals surface area (Å²) in [5.74, 6) is -0.787. The van der Waals surface area contributed by atoms with Crippen LogP contribution in [0.15, 0.2) is 40.3 Å². The number of aromatic nitrogens is 2. The molecular formula is C20H20N2O4S2. The van der Waals surface area contributed by atoms with E-state index in [9.17, 15) is 14.4 Å². The van der Waals surface area contributed by atoms with Crippen molar-refractivity contribution in [1.29, 1.82) is 0 Å². The van der Waals surface area contributed by atoms with E-state index < -0.39 is 5.97 Å². The molecular weight excluding hydrogens is 396 g/mol. The number of nitrogens with zero attached hydrogens (tertiary/aromatic N) is 2.